The largest absolute Gasteiger partial charge is 0.243 e. The molecule has 1 aromatic carbocycles. The average Bonchev–Trinajstić information content (AvgIpc) is 2.26. The Balaban J connectivity index is 2.92. The third kappa shape index (κ3) is 3.79. The summed E-state index contributed by atoms with van der Waals surface area (Å²) in [5.41, 5.74) is 0.784. The standard InChI is InChI=1S/C12H18BrNO2S/c1-10-6-4-5-7-12(10)17(15,16)14(3)9-8-11(2)13/h4-7,11H,8-9H2,1-3H3. The molecule has 1 unspecified atom stereocenters. The number of hydrogen-bond acceptors (Lipinski definition) is 2. The summed E-state index contributed by atoms with van der Waals surface area (Å²) in [5, 5.41) is 0. The Morgan fingerprint density at radius 1 is 1.35 bits per heavy atom. The van der Waals surface area contributed by atoms with Crippen LogP contribution in [0.5, 0.6) is 0 Å². The summed E-state index contributed by atoms with van der Waals surface area (Å²) >= 11 is 3.42. The Bertz CT molecular complexity index is 471. The van der Waals surface area contributed by atoms with Crippen LogP contribution in [-0.4, -0.2) is 31.1 Å². The maximum absolute atomic E-state index is 12.3. The first-order valence-electron chi connectivity index (χ1n) is 5.51. The molecule has 1 atom stereocenters. The zero-order chi connectivity index (χ0) is 13.1. The van der Waals surface area contributed by atoms with Crippen molar-refractivity contribution in [1.29, 1.82) is 0 Å². The van der Waals surface area contributed by atoms with Crippen molar-refractivity contribution in [3.63, 3.8) is 0 Å². The first-order chi connectivity index (χ1) is 7.85. The summed E-state index contributed by atoms with van der Waals surface area (Å²) in [4.78, 5) is 0.710. The van der Waals surface area contributed by atoms with E-state index in [1.165, 1.54) is 4.31 Å². The molecule has 3 nitrogen and oxygen atoms in total. The lowest BCUT2D eigenvalue weighted by molar-refractivity contribution is 0.462. The third-order valence-corrected chi connectivity index (χ3v) is 5.10. The van der Waals surface area contributed by atoms with E-state index in [1.807, 2.05) is 26.0 Å². The Hall–Kier alpha value is -0.390. The second-order valence-corrected chi connectivity index (χ2v) is 7.74. The van der Waals surface area contributed by atoms with Gasteiger partial charge in [-0.1, -0.05) is 41.1 Å². The zero-order valence-corrected chi connectivity index (χ0v) is 12.8. The van der Waals surface area contributed by atoms with E-state index < -0.39 is 10.0 Å². The van der Waals surface area contributed by atoms with Crippen LogP contribution in [0.25, 0.3) is 0 Å². The van der Waals surface area contributed by atoms with Gasteiger partial charge in [0.05, 0.1) is 4.90 Å². The molecule has 1 aromatic rings. The summed E-state index contributed by atoms with van der Waals surface area (Å²) in [5.74, 6) is 0. The summed E-state index contributed by atoms with van der Waals surface area (Å²) in [6, 6.07) is 7.06. The molecule has 0 aromatic heterocycles. The van der Waals surface area contributed by atoms with Crippen molar-refractivity contribution in [1.82, 2.24) is 4.31 Å². The molecular weight excluding hydrogens is 302 g/mol. The number of nitrogens with zero attached hydrogens (tertiary/aromatic N) is 1. The van der Waals surface area contributed by atoms with E-state index in [2.05, 4.69) is 15.9 Å². The fraction of sp³-hybridized carbons (Fsp3) is 0.500. The predicted molar refractivity (Wildman–Crippen MR) is 74.0 cm³/mol. The zero-order valence-electron chi connectivity index (χ0n) is 10.4. The summed E-state index contributed by atoms with van der Waals surface area (Å²) < 4.78 is 26.0. The first-order valence-corrected chi connectivity index (χ1v) is 7.87. The molecule has 1 rings (SSSR count). The molecule has 0 radical (unpaired) electrons. The fourth-order valence-corrected chi connectivity index (χ4v) is 3.11. The fourth-order valence-electron chi connectivity index (χ4n) is 1.49. The van der Waals surface area contributed by atoms with Crippen LogP contribution in [-0.2, 0) is 10.0 Å². The molecule has 0 amide bonds. The van der Waals surface area contributed by atoms with E-state index in [1.54, 1.807) is 19.2 Å². The number of alkyl halides is 1. The molecule has 0 N–H and O–H groups in total. The van der Waals surface area contributed by atoms with Gasteiger partial charge in [-0.15, -0.1) is 0 Å². The summed E-state index contributed by atoms with van der Waals surface area (Å²) in [7, 11) is -1.73. The van der Waals surface area contributed by atoms with Gasteiger partial charge in [0.25, 0.3) is 0 Å². The van der Waals surface area contributed by atoms with Gasteiger partial charge in [-0.25, -0.2) is 12.7 Å². The molecule has 0 spiro atoms. The van der Waals surface area contributed by atoms with Gasteiger partial charge in [0.1, 0.15) is 0 Å². The highest BCUT2D eigenvalue weighted by Gasteiger charge is 2.22. The van der Waals surface area contributed by atoms with E-state index in [0.717, 1.165) is 12.0 Å². The van der Waals surface area contributed by atoms with Gasteiger partial charge < -0.3 is 0 Å². The first kappa shape index (κ1) is 14.7. The smallest absolute Gasteiger partial charge is 0.207 e. The molecule has 17 heavy (non-hydrogen) atoms. The van der Waals surface area contributed by atoms with Gasteiger partial charge in [-0.3, -0.25) is 0 Å². The Kier molecular flexibility index (Phi) is 5.16. The van der Waals surface area contributed by atoms with Crippen LogP contribution >= 0.6 is 15.9 Å². The van der Waals surface area contributed by atoms with E-state index in [4.69, 9.17) is 0 Å². The Labute approximate surface area is 112 Å². The maximum Gasteiger partial charge on any atom is 0.243 e. The Morgan fingerprint density at radius 2 is 1.94 bits per heavy atom. The Morgan fingerprint density at radius 3 is 2.47 bits per heavy atom. The molecule has 0 fully saturated rings. The number of benzene rings is 1. The van der Waals surface area contributed by atoms with Gasteiger partial charge in [-0.2, -0.15) is 0 Å². The summed E-state index contributed by atoms with van der Waals surface area (Å²) in [6.07, 6.45) is 0.793. The highest BCUT2D eigenvalue weighted by molar-refractivity contribution is 9.09. The van der Waals surface area contributed by atoms with Crippen LogP contribution in [0.4, 0.5) is 0 Å². The topological polar surface area (TPSA) is 37.4 Å². The van der Waals surface area contributed by atoms with Crippen LogP contribution in [0.2, 0.25) is 0 Å². The van der Waals surface area contributed by atoms with Crippen molar-refractivity contribution >= 4 is 26.0 Å². The molecule has 0 saturated heterocycles. The van der Waals surface area contributed by atoms with E-state index >= 15 is 0 Å². The minimum atomic E-state index is -3.35. The number of rotatable bonds is 5. The van der Waals surface area contributed by atoms with Gasteiger partial charge in [0.2, 0.25) is 10.0 Å². The average molecular weight is 320 g/mol. The second-order valence-electron chi connectivity index (χ2n) is 4.16. The highest BCUT2D eigenvalue weighted by Crippen LogP contribution is 2.19. The van der Waals surface area contributed by atoms with Crippen molar-refractivity contribution in [2.75, 3.05) is 13.6 Å². The van der Waals surface area contributed by atoms with Crippen LogP contribution in [0.1, 0.15) is 18.9 Å². The summed E-state index contributed by atoms with van der Waals surface area (Å²) in [6.45, 7) is 4.34. The van der Waals surface area contributed by atoms with Crippen LogP contribution in [0.15, 0.2) is 29.2 Å². The molecule has 0 aliphatic rings. The molecule has 0 saturated carbocycles. The van der Waals surface area contributed by atoms with E-state index in [0.29, 0.717) is 16.3 Å². The number of hydrogen-bond donors (Lipinski definition) is 0. The molecule has 0 bridgehead atoms. The normalized spacial score (nSPS) is 13.9. The lowest BCUT2D eigenvalue weighted by Crippen LogP contribution is -2.29. The van der Waals surface area contributed by atoms with Gasteiger partial charge in [0, 0.05) is 18.4 Å². The monoisotopic (exact) mass is 319 g/mol. The molecular formula is C12H18BrNO2S. The molecule has 96 valence electrons. The van der Waals surface area contributed by atoms with Crippen molar-refractivity contribution in [2.45, 2.75) is 30.0 Å². The van der Waals surface area contributed by atoms with Crippen LogP contribution < -0.4 is 0 Å². The minimum Gasteiger partial charge on any atom is -0.207 e. The highest BCUT2D eigenvalue weighted by atomic mass is 79.9. The van der Waals surface area contributed by atoms with E-state index in [-0.39, 0.29) is 0 Å². The quantitative estimate of drug-likeness (QED) is 0.783. The number of halogens is 1. The minimum absolute atomic E-state index is 0.317. The third-order valence-electron chi connectivity index (χ3n) is 2.62. The SMILES string of the molecule is Cc1ccccc1S(=O)(=O)N(C)CCC(C)Br. The van der Waals surface area contributed by atoms with Crippen molar-refractivity contribution in [2.24, 2.45) is 0 Å². The molecule has 0 aliphatic carbocycles. The van der Waals surface area contributed by atoms with Crippen molar-refractivity contribution in [3.05, 3.63) is 29.8 Å². The van der Waals surface area contributed by atoms with E-state index in [9.17, 15) is 8.42 Å². The lowest BCUT2D eigenvalue weighted by atomic mass is 10.2. The van der Waals surface area contributed by atoms with Crippen molar-refractivity contribution in [3.8, 4) is 0 Å². The van der Waals surface area contributed by atoms with Crippen LogP contribution in [0, 0.1) is 6.92 Å². The lowest BCUT2D eigenvalue weighted by Gasteiger charge is -2.19. The molecule has 0 aliphatic heterocycles. The van der Waals surface area contributed by atoms with Gasteiger partial charge in [-0.05, 0) is 25.0 Å². The van der Waals surface area contributed by atoms with Crippen molar-refractivity contribution < 1.29 is 8.42 Å². The number of sulfonamides is 1. The molecule has 5 heteroatoms. The molecule has 0 heterocycles. The van der Waals surface area contributed by atoms with Crippen LogP contribution in [0.3, 0.4) is 0 Å². The number of aryl methyl sites for hydroxylation is 1. The van der Waals surface area contributed by atoms with Gasteiger partial charge in [0.15, 0.2) is 0 Å². The predicted octanol–water partition coefficient (Wildman–Crippen LogP) is 2.79. The maximum atomic E-state index is 12.3. The van der Waals surface area contributed by atoms with Gasteiger partial charge >= 0.3 is 0 Å². The second kappa shape index (κ2) is 5.98.